The van der Waals surface area contributed by atoms with Gasteiger partial charge < -0.3 is 4.90 Å². The summed E-state index contributed by atoms with van der Waals surface area (Å²) in [6.07, 6.45) is 7.34. The molecule has 2 heterocycles. The summed E-state index contributed by atoms with van der Waals surface area (Å²) in [6, 6.07) is 2.48. The second-order valence-corrected chi connectivity index (χ2v) is 5.05. The molecule has 1 aliphatic rings. The minimum absolute atomic E-state index is 0.431. The molecule has 5 heteroatoms. The van der Waals surface area contributed by atoms with Crippen LogP contribution in [0.2, 0.25) is 0 Å². The van der Waals surface area contributed by atoms with E-state index in [1.807, 2.05) is 6.26 Å². The molecule has 0 saturated carbocycles. The van der Waals surface area contributed by atoms with Crippen molar-refractivity contribution in [1.29, 1.82) is 0 Å². The van der Waals surface area contributed by atoms with Crippen molar-refractivity contribution in [2.45, 2.75) is 30.3 Å². The van der Waals surface area contributed by atoms with Crippen molar-refractivity contribution in [3.8, 4) is 0 Å². The number of piperidine rings is 1. The third-order valence-electron chi connectivity index (χ3n) is 2.94. The molecule has 0 aliphatic carbocycles. The van der Waals surface area contributed by atoms with Crippen molar-refractivity contribution < 1.29 is 0 Å². The van der Waals surface area contributed by atoms with Gasteiger partial charge >= 0.3 is 0 Å². The first-order valence-corrected chi connectivity index (χ1v) is 7.29. The van der Waals surface area contributed by atoms with Gasteiger partial charge in [-0.15, -0.1) is 23.4 Å². The minimum Gasteiger partial charge on any atom is -0.352 e. The first-order chi connectivity index (χ1) is 7.85. The Balaban J connectivity index is 2.20. The van der Waals surface area contributed by atoms with Crippen molar-refractivity contribution in [1.82, 2.24) is 9.97 Å². The lowest BCUT2D eigenvalue weighted by molar-refractivity contribution is 0.483. The first kappa shape index (κ1) is 12.0. The number of thioether (sulfide) groups is 1. The lowest BCUT2D eigenvalue weighted by atomic mass is 10.0. The molecular weight excluding hydrogens is 242 g/mol. The van der Waals surface area contributed by atoms with Gasteiger partial charge in [-0.05, 0) is 25.5 Å². The van der Waals surface area contributed by atoms with Crippen molar-refractivity contribution in [2.75, 3.05) is 23.6 Å². The van der Waals surface area contributed by atoms with Crippen molar-refractivity contribution in [2.24, 2.45) is 0 Å². The lowest BCUT2D eigenvalue weighted by Gasteiger charge is -2.35. The van der Waals surface area contributed by atoms with Gasteiger partial charge in [-0.1, -0.05) is 0 Å². The Morgan fingerprint density at radius 1 is 1.50 bits per heavy atom. The van der Waals surface area contributed by atoms with Crippen LogP contribution in [0.4, 0.5) is 5.82 Å². The maximum absolute atomic E-state index is 6.01. The van der Waals surface area contributed by atoms with Gasteiger partial charge in [-0.25, -0.2) is 9.97 Å². The molecule has 3 nitrogen and oxygen atoms in total. The van der Waals surface area contributed by atoms with Crippen LogP contribution in [0.1, 0.15) is 19.3 Å². The highest BCUT2D eigenvalue weighted by Crippen LogP contribution is 2.25. The summed E-state index contributed by atoms with van der Waals surface area (Å²) in [6.45, 7) is 1.06. The molecule has 0 amide bonds. The number of nitrogens with zero attached hydrogens (tertiary/aromatic N) is 3. The maximum atomic E-state index is 6.01. The summed E-state index contributed by atoms with van der Waals surface area (Å²) in [5, 5.41) is 1.02. The highest BCUT2D eigenvalue weighted by atomic mass is 35.5. The van der Waals surface area contributed by atoms with Gasteiger partial charge in [0.15, 0.2) is 0 Å². The quantitative estimate of drug-likeness (QED) is 0.473. The Hall–Kier alpha value is -0.480. The summed E-state index contributed by atoms with van der Waals surface area (Å²) in [7, 11) is 0. The third-order valence-corrected chi connectivity index (χ3v) is 3.93. The number of alkyl halides is 1. The molecule has 1 aliphatic heterocycles. The number of rotatable bonds is 3. The molecule has 16 heavy (non-hydrogen) atoms. The predicted octanol–water partition coefficient (Wildman–Crippen LogP) is 2.80. The van der Waals surface area contributed by atoms with Crippen LogP contribution >= 0.6 is 23.4 Å². The van der Waals surface area contributed by atoms with E-state index in [2.05, 4.69) is 20.9 Å². The molecule has 88 valence electrons. The average Bonchev–Trinajstić information content (AvgIpc) is 2.38. The van der Waals surface area contributed by atoms with Gasteiger partial charge in [0, 0.05) is 24.5 Å². The fourth-order valence-electron chi connectivity index (χ4n) is 2.06. The molecule has 2 rings (SSSR count). The zero-order chi connectivity index (χ0) is 11.4. The zero-order valence-corrected chi connectivity index (χ0v) is 11.0. The number of aromatic nitrogens is 2. The van der Waals surface area contributed by atoms with E-state index >= 15 is 0 Å². The SMILES string of the molecule is CSc1cc(N2CCCCC2CCl)ncn1. The highest BCUT2D eigenvalue weighted by molar-refractivity contribution is 7.98. The monoisotopic (exact) mass is 257 g/mol. The Morgan fingerprint density at radius 2 is 2.38 bits per heavy atom. The van der Waals surface area contributed by atoms with E-state index in [-0.39, 0.29) is 0 Å². The molecule has 0 radical (unpaired) electrons. The van der Waals surface area contributed by atoms with E-state index < -0.39 is 0 Å². The summed E-state index contributed by atoms with van der Waals surface area (Å²) in [5.74, 6) is 1.70. The Morgan fingerprint density at radius 3 is 3.12 bits per heavy atom. The van der Waals surface area contributed by atoms with E-state index in [1.54, 1.807) is 18.1 Å². The first-order valence-electron chi connectivity index (χ1n) is 5.54. The van der Waals surface area contributed by atoms with Gasteiger partial charge in [0.05, 0.1) is 0 Å². The summed E-state index contributed by atoms with van der Waals surface area (Å²) in [4.78, 5) is 10.9. The summed E-state index contributed by atoms with van der Waals surface area (Å²) in [5.41, 5.74) is 0. The second kappa shape index (κ2) is 5.73. The molecule has 0 aromatic carbocycles. The molecule has 1 atom stereocenters. The normalized spacial score (nSPS) is 21.1. The Bertz CT molecular complexity index is 348. The van der Waals surface area contributed by atoms with Crippen LogP contribution < -0.4 is 4.90 Å². The van der Waals surface area contributed by atoms with Crippen LogP contribution in [-0.4, -0.2) is 34.7 Å². The topological polar surface area (TPSA) is 29.0 Å². The molecular formula is C11H16ClN3S. The number of hydrogen-bond acceptors (Lipinski definition) is 4. The van der Waals surface area contributed by atoms with Gasteiger partial charge in [0.25, 0.3) is 0 Å². The van der Waals surface area contributed by atoms with Crippen molar-refractivity contribution >= 4 is 29.2 Å². The van der Waals surface area contributed by atoms with Crippen molar-refractivity contribution in [3.63, 3.8) is 0 Å². The molecule has 1 unspecified atom stereocenters. The van der Waals surface area contributed by atoms with Gasteiger partial charge in [0.1, 0.15) is 17.2 Å². The van der Waals surface area contributed by atoms with E-state index in [4.69, 9.17) is 11.6 Å². The molecule has 1 saturated heterocycles. The van der Waals surface area contributed by atoms with Gasteiger partial charge in [-0.2, -0.15) is 0 Å². The molecule has 1 aromatic heterocycles. The molecule has 1 fully saturated rings. The largest absolute Gasteiger partial charge is 0.352 e. The number of anilines is 1. The Kier molecular flexibility index (Phi) is 4.29. The molecule has 0 bridgehead atoms. The van der Waals surface area contributed by atoms with E-state index in [0.29, 0.717) is 11.9 Å². The third kappa shape index (κ3) is 2.61. The maximum Gasteiger partial charge on any atom is 0.133 e. The fourth-order valence-corrected chi connectivity index (χ4v) is 2.76. The van der Waals surface area contributed by atoms with Crippen LogP contribution in [0.5, 0.6) is 0 Å². The molecule has 0 N–H and O–H groups in total. The van der Waals surface area contributed by atoms with Crippen LogP contribution in [0.15, 0.2) is 17.4 Å². The van der Waals surface area contributed by atoms with E-state index in [1.165, 1.54) is 19.3 Å². The second-order valence-electron chi connectivity index (χ2n) is 3.92. The smallest absolute Gasteiger partial charge is 0.133 e. The Labute approximate surface area is 106 Å². The summed E-state index contributed by atoms with van der Waals surface area (Å²) >= 11 is 7.65. The number of hydrogen-bond donors (Lipinski definition) is 0. The summed E-state index contributed by atoms with van der Waals surface area (Å²) < 4.78 is 0. The fraction of sp³-hybridized carbons (Fsp3) is 0.636. The average molecular weight is 258 g/mol. The van der Waals surface area contributed by atoms with Crippen LogP contribution in [0, 0.1) is 0 Å². The van der Waals surface area contributed by atoms with Crippen LogP contribution in [-0.2, 0) is 0 Å². The van der Waals surface area contributed by atoms with Gasteiger partial charge in [0.2, 0.25) is 0 Å². The van der Waals surface area contributed by atoms with Crippen LogP contribution in [0.25, 0.3) is 0 Å². The van der Waals surface area contributed by atoms with E-state index in [0.717, 1.165) is 17.4 Å². The molecule has 1 aromatic rings. The molecule has 0 spiro atoms. The predicted molar refractivity (Wildman–Crippen MR) is 69.5 cm³/mol. The zero-order valence-electron chi connectivity index (χ0n) is 9.40. The minimum atomic E-state index is 0.431. The standard InChI is InChI=1S/C11H16ClN3S/c1-16-11-6-10(13-8-14-11)15-5-3-2-4-9(15)7-12/h6,8-9H,2-5,7H2,1H3. The lowest BCUT2D eigenvalue weighted by Crippen LogP contribution is -2.41. The van der Waals surface area contributed by atoms with Crippen molar-refractivity contribution in [3.05, 3.63) is 12.4 Å². The van der Waals surface area contributed by atoms with E-state index in [9.17, 15) is 0 Å². The van der Waals surface area contributed by atoms with Crippen LogP contribution in [0.3, 0.4) is 0 Å². The number of halogens is 1. The highest BCUT2D eigenvalue weighted by Gasteiger charge is 2.22. The van der Waals surface area contributed by atoms with Gasteiger partial charge in [-0.3, -0.25) is 0 Å².